The molecule has 0 aromatic heterocycles. The third-order valence-electron chi connectivity index (χ3n) is 2.49. The fourth-order valence-corrected chi connectivity index (χ4v) is 1.66. The first kappa shape index (κ1) is 15.4. The summed E-state index contributed by atoms with van der Waals surface area (Å²) >= 11 is 0. The molecule has 0 aliphatic carbocycles. The summed E-state index contributed by atoms with van der Waals surface area (Å²) in [5.74, 6) is 0.747. The summed E-state index contributed by atoms with van der Waals surface area (Å²) < 4.78 is 0. The zero-order valence-electron chi connectivity index (χ0n) is 10.9. The van der Waals surface area contributed by atoms with Gasteiger partial charge in [0, 0.05) is 6.42 Å². The van der Waals surface area contributed by atoms with E-state index in [0.717, 1.165) is 6.42 Å². The van der Waals surface area contributed by atoms with E-state index in [1.165, 1.54) is 0 Å². The molecule has 1 amide bonds. The topological polar surface area (TPSA) is 75.4 Å². The summed E-state index contributed by atoms with van der Waals surface area (Å²) in [5.41, 5.74) is 5.09. The average Bonchev–Trinajstić information content (AvgIpc) is 2.15. The predicted molar refractivity (Wildman–Crippen MR) is 65.9 cm³/mol. The number of amides is 1. The highest BCUT2D eigenvalue weighted by molar-refractivity contribution is 5.77. The lowest BCUT2D eigenvalue weighted by atomic mass is 9.93. The van der Waals surface area contributed by atoms with Crippen LogP contribution >= 0.6 is 0 Å². The molecule has 0 fully saturated rings. The molecule has 0 spiro atoms. The van der Waals surface area contributed by atoms with Crippen molar-refractivity contribution in [2.45, 2.75) is 46.1 Å². The van der Waals surface area contributed by atoms with Gasteiger partial charge in [0.15, 0.2) is 0 Å². The number of aliphatic hydroxyl groups excluding tert-OH is 1. The Hall–Kier alpha value is -0.610. The van der Waals surface area contributed by atoms with Crippen molar-refractivity contribution >= 4 is 5.91 Å². The smallest absolute Gasteiger partial charge is 0.220 e. The fraction of sp³-hybridized carbons (Fsp3) is 0.917. The lowest BCUT2D eigenvalue weighted by Gasteiger charge is -2.25. The van der Waals surface area contributed by atoms with Crippen LogP contribution in [0.15, 0.2) is 0 Å². The maximum absolute atomic E-state index is 11.7. The van der Waals surface area contributed by atoms with E-state index in [1.54, 1.807) is 13.8 Å². The minimum Gasteiger partial charge on any atom is -0.394 e. The Kier molecular flexibility index (Phi) is 6.60. The molecule has 0 rings (SSSR count). The summed E-state index contributed by atoms with van der Waals surface area (Å²) in [7, 11) is 0. The molecule has 4 N–H and O–H groups in total. The van der Waals surface area contributed by atoms with Crippen LogP contribution in [0.3, 0.4) is 0 Å². The Labute approximate surface area is 98.6 Å². The van der Waals surface area contributed by atoms with Crippen LogP contribution in [0.4, 0.5) is 0 Å². The molecular formula is C12H26N2O2. The van der Waals surface area contributed by atoms with Crippen molar-refractivity contribution in [2.75, 3.05) is 13.2 Å². The molecule has 0 radical (unpaired) electrons. The molecule has 0 aromatic carbocycles. The van der Waals surface area contributed by atoms with Crippen LogP contribution < -0.4 is 11.1 Å². The Morgan fingerprint density at radius 1 is 1.44 bits per heavy atom. The maximum atomic E-state index is 11.7. The maximum Gasteiger partial charge on any atom is 0.220 e. The zero-order chi connectivity index (χ0) is 12.8. The normalized spacial score (nSPS) is 13.9. The Morgan fingerprint density at radius 2 is 2.00 bits per heavy atom. The van der Waals surface area contributed by atoms with Crippen LogP contribution in [0.1, 0.15) is 40.5 Å². The quantitative estimate of drug-likeness (QED) is 0.608. The number of carbonyl (C=O) groups is 1. The van der Waals surface area contributed by atoms with Gasteiger partial charge in [0.2, 0.25) is 5.91 Å². The summed E-state index contributed by atoms with van der Waals surface area (Å²) in [6.45, 7) is 8.31. The van der Waals surface area contributed by atoms with Gasteiger partial charge in [0.05, 0.1) is 12.1 Å². The Bertz CT molecular complexity index is 215. The lowest BCUT2D eigenvalue weighted by Crippen LogP contribution is -2.47. The molecule has 1 unspecified atom stereocenters. The number of aliphatic hydroxyl groups is 1. The summed E-state index contributed by atoms with van der Waals surface area (Å²) in [6.07, 6.45) is 1.40. The van der Waals surface area contributed by atoms with Crippen molar-refractivity contribution in [1.29, 1.82) is 0 Å². The molecule has 0 saturated heterocycles. The number of hydrogen-bond donors (Lipinski definition) is 3. The number of hydrogen-bond acceptors (Lipinski definition) is 3. The SMILES string of the molecule is CC(C)CC(CN)CC(=O)NC(C)(C)CO. The fourth-order valence-electron chi connectivity index (χ4n) is 1.66. The standard InChI is InChI=1S/C12H26N2O2/c1-9(2)5-10(7-13)6-11(16)14-12(3,4)8-15/h9-10,15H,5-8,13H2,1-4H3,(H,14,16). The van der Waals surface area contributed by atoms with Crippen LogP contribution in [-0.2, 0) is 4.79 Å². The van der Waals surface area contributed by atoms with Crippen LogP contribution in [0.5, 0.6) is 0 Å². The van der Waals surface area contributed by atoms with E-state index in [9.17, 15) is 4.79 Å². The largest absolute Gasteiger partial charge is 0.394 e. The average molecular weight is 230 g/mol. The van der Waals surface area contributed by atoms with Gasteiger partial charge >= 0.3 is 0 Å². The van der Waals surface area contributed by atoms with Crippen molar-refractivity contribution < 1.29 is 9.90 Å². The van der Waals surface area contributed by atoms with E-state index < -0.39 is 5.54 Å². The van der Waals surface area contributed by atoms with Gasteiger partial charge in [-0.2, -0.15) is 0 Å². The number of rotatable bonds is 7. The Morgan fingerprint density at radius 3 is 2.38 bits per heavy atom. The number of nitrogens with one attached hydrogen (secondary N) is 1. The van der Waals surface area contributed by atoms with Gasteiger partial charge < -0.3 is 16.2 Å². The molecule has 4 nitrogen and oxygen atoms in total. The van der Waals surface area contributed by atoms with E-state index in [-0.39, 0.29) is 18.4 Å². The van der Waals surface area contributed by atoms with Crippen LogP contribution in [0, 0.1) is 11.8 Å². The Balaban J connectivity index is 4.11. The van der Waals surface area contributed by atoms with Gasteiger partial charge in [-0.3, -0.25) is 4.79 Å². The highest BCUT2D eigenvalue weighted by atomic mass is 16.3. The van der Waals surface area contributed by atoms with Crippen molar-refractivity contribution in [3.05, 3.63) is 0 Å². The van der Waals surface area contributed by atoms with Crippen molar-refractivity contribution in [3.63, 3.8) is 0 Å². The lowest BCUT2D eigenvalue weighted by molar-refractivity contribution is -0.124. The first-order valence-corrected chi connectivity index (χ1v) is 5.92. The van der Waals surface area contributed by atoms with Gasteiger partial charge in [0.1, 0.15) is 0 Å². The molecular weight excluding hydrogens is 204 g/mol. The van der Waals surface area contributed by atoms with Crippen molar-refractivity contribution in [1.82, 2.24) is 5.32 Å². The molecule has 0 heterocycles. The van der Waals surface area contributed by atoms with Crippen molar-refractivity contribution in [2.24, 2.45) is 17.6 Å². The molecule has 0 aliphatic heterocycles. The molecule has 0 saturated carbocycles. The van der Waals surface area contributed by atoms with Crippen LogP contribution in [0.25, 0.3) is 0 Å². The predicted octanol–water partition coefficient (Wildman–Crippen LogP) is 0.885. The van der Waals surface area contributed by atoms with Gasteiger partial charge in [-0.15, -0.1) is 0 Å². The van der Waals surface area contributed by atoms with Crippen molar-refractivity contribution in [3.8, 4) is 0 Å². The second kappa shape index (κ2) is 6.86. The summed E-state index contributed by atoms with van der Waals surface area (Å²) in [4.78, 5) is 11.7. The van der Waals surface area contributed by atoms with Gasteiger partial charge in [-0.05, 0) is 38.6 Å². The van der Waals surface area contributed by atoms with E-state index >= 15 is 0 Å². The van der Waals surface area contributed by atoms with Gasteiger partial charge in [-0.1, -0.05) is 13.8 Å². The highest BCUT2D eigenvalue weighted by Crippen LogP contribution is 2.14. The molecule has 96 valence electrons. The highest BCUT2D eigenvalue weighted by Gasteiger charge is 2.21. The molecule has 0 aliphatic rings. The van der Waals surface area contributed by atoms with Crippen LogP contribution in [0.2, 0.25) is 0 Å². The van der Waals surface area contributed by atoms with Gasteiger partial charge in [-0.25, -0.2) is 0 Å². The van der Waals surface area contributed by atoms with E-state index in [2.05, 4.69) is 19.2 Å². The molecule has 1 atom stereocenters. The first-order chi connectivity index (χ1) is 7.30. The third kappa shape index (κ3) is 6.80. The third-order valence-corrected chi connectivity index (χ3v) is 2.49. The monoisotopic (exact) mass is 230 g/mol. The van der Waals surface area contributed by atoms with Gasteiger partial charge in [0.25, 0.3) is 0 Å². The molecule has 0 bridgehead atoms. The van der Waals surface area contributed by atoms with E-state index in [0.29, 0.717) is 18.9 Å². The summed E-state index contributed by atoms with van der Waals surface area (Å²) in [6, 6.07) is 0. The molecule has 4 heteroatoms. The minimum atomic E-state index is -0.548. The van der Waals surface area contributed by atoms with E-state index in [4.69, 9.17) is 10.8 Å². The second-order valence-corrected chi connectivity index (χ2v) is 5.53. The van der Waals surface area contributed by atoms with E-state index in [1.807, 2.05) is 0 Å². The van der Waals surface area contributed by atoms with Crippen LogP contribution in [-0.4, -0.2) is 29.7 Å². The number of carbonyl (C=O) groups excluding carboxylic acids is 1. The number of nitrogens with two attached hydrogens (primary N) is 1. The summed E-state index contributed by atoms with van der Waals surface area (Å²) in [5, 5.41) is 11.8. The molecule has 16 heavy (non-hydrogen) atoms. The second-order valence-electron chi connectivity index (χ2n) is 5.53. The zero-order valence-corrected chi connectivity index (χ0v) is 10.9. The first-order valence-electron chi connectivity index (χ1n) is 5.92. The minimum absolute atomic E-state index is 0.0323. The molecule has 0 aromatic rings.